The van der Waals surface area contributed by atoms with E-state index >= 15 is 0 Å². The van der Waals surface area contributed by atoms with Crippen LogP contribution in [0.1, 0.15) is 24.0 Å². The minimum absolute atomic E-state index is 0.813. The lowest BCUT2D eigenvalue weighted by Gasteiger charge is -2.21. The molecule has 3 aromatic carbocycles. The van der Waals surface area contributed by atoms with Crippen LogP contribution in [0.15, 0.2) is 90.4 Å². The van der Waals surface area contributed by atoms with E-state index in [1.165, 1.54) is 27.6 Å². The quantitative estimate of drug-likeness (QED) is 0.379. The molecule has 0 radical (unpaired) electrons. The van der Waals surface area contributed by atoms with Crippen LogP contribution < -0.4 is 4.90 Å². The van der Waals surface area contributed by atoms with Crippen LogP contribution in [0.4, 0.5) is 5.69 Å². The Kier molecular flexibility index (Phi) is 5.30. The number of benzene rings is 3. The van der Waals surface area contributed by atoms with Crippen molar-refractivity contribution in [3.05, 3.63) is 96.6 Å². The van der Waals surface area contributed by atoms with E-state index in [1.807, 2.05) is 18.7 Å². The molecule has 4 heteroatoms. The lowest BCUT2D eigenvalue weighted by atomic mass is 10.1. The third-order valence-electron chi connectivity index (χ3n) is 5.76. The third-order valence-corrected chi connectivity index (χ3v) is 5.76. The largest absolute Gasteiger partial charge is 0.337 e. The monoisotopic (exact) mass is 394 g/mol. The van der Waals surface area contributed by atoms with Crippen molar-refractivity contribution >= 4 is 22.3 Å². The van der Waals surface area contributed by atoms with E-state index in [-0.39, 0.29) is 0 Å². The van der Waals surface area contributed by atoms with Crippen molar-refractivity contribution in [3.63, 3.8) is 0 Å². The summed E-state index contributed by atoms with van der Waals surface area (Å²) in [6.07, 6.45) is 8.89. The molecule has 0 bridgehead atoms. The van der Waals surface area contributed by atoms with E-state index < -0.39 is 0 Å². The molecule has 0 spiro atoms. The standard InChI is InChI=1S/C26H26N4/c1-2-8-21(9-3-1)10-6-18-30-24-14-5-12-22-11-4-13-23(25(22)24)26(30)28-15-7-17-29-19-16-27-20-29/h1-5,8-9,11-14,16,19-20H,6-7,10,15,17-18H2/b28-26+. The van der Waals surface area contributed by atoms with Crippen LogP contribution in [0, 0.1) is 0 Å². The molecule has 0 saturated carbocycles. The highest BCUT2D eigenvalue weighted by Gasteiger charge is 2.27. The molecule has 4 aromatic rings. The maximum absolute atomic E-state index is 5.08. The molecule has 2 heterocycles. The van der Waals surface area contributed by atoms with Gasteiger partial charge < -0.3 is 9.47 Å². The van der Waals surface area contributed by atoms with Gasteiger partial charge in [-0.1, -0.05) is 60.7 Å². The third kappa shape index (κ3) is 3.73. The molecule has 0 N–H and O–H groups in total. The first-order chi connectivity index (χ1) is 14.9. The van der Waals surface area contributed by atoms with Crippen LogP contribution in [-0.4, -0.2) is 28.5 Å². The average molecular weight is 395 g/mol. The number of imidazole rings is 1. The highest BCUT2D eigenvalue weighted by atomic mass is 15.2. The number of nitrogens with zero attached hydrogens (tertiary/aromatic N) is 4. The summed E-state index contributed by atoms with van der Waals surface area (Å²) < 4.78 is 2.11. The van der Waals surface area contributed by atoms with Crippen molar-refractivity contribution in [1.82, 2.24) is 9.55 Å². The molecule has 0 unspecified atom stereocenters. The Bertz CT molecular complexity index is 1140. The molecule has 150 valence electrons. The smallest absolute Gasteiger partial charge is 0.136 e. The van der Waals surface area contributed by atoms with Crippen LogP contribution in [0.2, 0.25) is 0 Å². The summed E-state index contributed by atoms with van der Waals surface area (Å²) in [4.78, 5) is 11.6. The Morgan fingerprint density at radius 2 is 1.70 bits per heavy atom. The highest BCUT2D eigenvalue weighted by molar-refractivity contribution is 6.27. The summed E-state index contributed by atoms with van der Waals surface area (Å²) in [7, 11) is 0. The average Bonchev–Trinajstić information content (AvgIpc) is 3.41. The predicted molar refractivity (Wildman–Crippen MR) is 124 cm³/mol. The SMILES string of the molecule is c1ccc(CCCN2/C(=N/CCCn3ccnc3)c3cccc4cccc2c34)cc1. The van der Waals surface area contributed by atoms with Gasteiger partial charge in [0.1, 0.15) is 5.84 Å². The maximum atomic E-state index is 5.08. The number of hydrogen-bond donors (Lipinski definition) is 0. The molecular weight excluding hydrogens is 368 g/mol. The lowest BCUT2D eigenvalue weighted by molar-refractivity contribution is 0.650. The van der Waals surface area contributed by atoms with Gasteiger partial charge >= 0.3 is 0 Å². The fourth-order valence-corrected chi connectivity index (χ4v) is 4.33. The van der Waals surface area contributed by atoms with E-state index in [4.69, 9.17) is 4.99 Å². The molecule has 4 nitrogen and oxygen atoms in total. The van der Waals surface area contributed by atoms with Crippen molar-refractivity contribution in [2.75, 3.05) is 18.0 Å². The molecular formula is C26H26N4. The second-order valence-electron chi connectivity index (χ2n) is 7.78. The minimum atomic E-state index is 0.813. The van der Waals surface area contributed by atoms with Gasteiger partial charge in [0, 0.05) is 43.0 Å². The first-order valence-electron chi connectivity index (χ1n) is 10.7. The summed E-state index contributed by atoms with van der Waals surface area (Å²) >= 11 is 0. The van der Waals surface area contributed by atoms with Gasteiger partial charge in [-0.15, -0.1) is 0 Å². The molecule has 0 fully saturated rings. The van der Waals surface area contributed by atoms with Gasteiger partial charge in [-0.25, -0.2) is 4.98 Å². The van der Waals surface area contributed by atoms with Crippen LogP contribution in [0.25, 0.3) is 10.8 Å². The molecule has 0 atom stereocenters. The van der Waals surface area contributed by atoms with Gasteiger partial charge in [0.2, 0.25) is 0 Å². The number of anilines is 1. The fraction of sp³-hybridized carbons (Fsp3) is 0.231. The second kappa shape index (κ2) is 8.54. The molecule has 0 amide bonds. The van der Waals surface area contributed by atoms with Crippen molar-refractivity contribution in [1.29, 1.82) is 0 Å². The summed E-state index contributed by atoms with van der Waals surface area (Å²) in [6, 6.07) is 23.9. The van der Waals surface area contributed by atoms with Gasteiger partial charge in [0.15, 0.2) is 0 Å². The Morgan fingerprint density at radius 1 is 0.833 bits per heavy atom. The fourth-order valence-electron chi connectivity index (χ4n) is 4.33. The lowest BCUT2D eigenvalue weighted by Crippen LogP contribution is -2.29. The molecule has 1 aromatic heterocycles. The van der Waals surface area contributed by atoms with E-state index in [9.17, 15) is 0 Å². The van der Waals surface area contributed by atoms with Crippen molar-refractivity contribution < 1.29 is 0 Å². The maximum Gasteiger partial charge on any atom is 0.136 e. The summed E-state index contributed by atoms with van der Waals surface area (Å²) in [6.45, 7) is 2.73. The number of aryl methyl sites for hydroxylation is 2. The van der Waals surface area contributed by atoms with Crippen molar-refractivity contribution in [3.8, 4) is 0 Å². The molecule has 30 heavy (non-hydrogen) atoms. The van der Waals surface area contributed by atoms with Crippen LogP contribution in [0.5, 0.6) is 0 Å². The zero-order chi connectivity index (χ0) is 20.2. The Balaban J connectivity index is 1.36. The zero-order valence-corrected chi connectivity index (χ0v) is 17.1. The van der Waals surface area contributed by atoms with Crippen molar-refractivity contribution in [2.45, 2.75) is 25.8 Å². The second-order valence-corrected chi connectivity index (χ2v) is 7.78. The molecule has 1 aliphatic rings. The van der Waals surface area contributed by atoms with Crippen LogP contribution in [-0.2, 0) is 13.0 Å². The van der Waals surface area contributed by atoms with Crippen LogP contribution in [0.3, 0.4) is 0 Å². The van der Waals surface area contributed by atoms with Gasteiger partial charge in [-0.2, -0.15) is 0 Å². The molecule has 5 rings (SSSR count). The number of rotatable bonds is 8. The molecule has 0 aliphatic carbocycles. The summed E-state index contributed by atoms with van der Waals surface area (Å²) in [5.41, 5.74) is 3.96. The number of aliphatic imine (C=N–C) groups is 1. The first kappa shape index (κ1) is 18.6. The first-order valence-corrected chi connectivity index (χ1v) is 10.7. The highest BCUT2D eigenvalue weighted by Crippen LogP contribution is 2.37. The van der Waals surface area contributed by atoms with Crippen LogP contribution >= 0.6 is 0 Å². The minimum Gasteiger partial charge on any atom is -0.337 e. The number of aromatic nitrogens is 2. The van der Waals surface area contributed by atoms with Gasteiger partial charge in [0.25, 0.3) is 0 Å². The molecule has 1 aliphatic heterocycles. The van der Waals surface area contributed by atoms with Gasteiger partial charge in [-0.3, -0.25) is 4.99 Å². The van der Waals surface area contributed by atoms with Crippen molar-refractivity contribution in [2.24, 2.45) is 4.99 Å². The summed E-state index contributed by atoms with van der Waals surface area (Å²) in [5, 5.41) is 2.63. The van der Waals surface area contributed by atoms with E-state index in [0.29, 0.717) is 0 Å². The number of amidine groups is 1. The summed E-state index contributed by atoms with van der Waals surface area (Å²) in [5.74, 6) is 1.13. The Labute approximate surface area is 177 Å². The van der Waals surface area contributed by atoms with Gasteiger partial charge in [-0.05, 0) is 36.3 Å². The normalized spacial score (nSPS) is 14.1. The molecule has 0 saturated heterocycles. The van der Waals surface area contributed by atoms with E-state index in [2.05, 4.69) is 81.2 Å². The van der Waals surface area contributed by atoms with Gasteiger partial charge in [0.05, 0.1) is 12.0 Å². The zero-order valence-electron chi connectivity index (χ0n) is 17.1. The Morgan fingerprint density at radius 3 is 2.53 bits per heavy atom. The van der Waals surface area contributed by atoms with E-state index in [0.717, 1.165) is 44.7 Å². The topological polar surface area (TPSA) is 33.4 Å². The van der Waals surface area contributed by atoms with E-state index in [1.54, 1.807) is 0 Å². The number of hydrogen-bond acceptors (Lipinski definition) is 2. The predicted octanol–water partition coefficient (Wildman–Crippen LogP) is 5.33. The Hall–Kier alpha value is -3.40.